The molecule has 0 saturated heterocycles. The van der Waals surface area contributed by atoms with Crippen LogP contribution in [-0.4, -0.2) is 25.8 Å². The number of carbonyl (C=O) groups is 1. The summed E-state index contributed by atoms with van der Waals surface area (Å²) in [6.45, 7) is 12.2. The molecule has 0 saturated carbocycles. The second kappa shape index (κ2) is 6.51. The van der Waals surface area contributed by atoms with Gasteiger partial charge in [0.25, 0.3) is 0 Å². The molecule has 1 amide bonds. The first-order valence-corrected chi connectivity index (χ1v) is 8.28. The van der Waals surface area contributed by atoms with E-state index in [1.165, 1.54) is 0 Å². The Morgan fingerprint density at radius 2 is 1.96 bits per heavy atom. The maximum Gasteiger partial charge on any atom is 0.229 e. The summed E-state index contributed by atoms with van der Waals surface area (Å²) in [6.07, 6.45) is 3.45. The summed E-state index contributed by atoms with van der Waals surface area (Å²) in [5.41, 5.74) is 5.17. The molecule has 0 fully saturated rings. The summed E-state index contributed by atoms with van der Waals surface area (Å²) in [5.74, 6) is -0.0839. The van der Waals surface area contributed by atoms with E-state index in [0.717, 1.165) is 33.8 Å². The Balaban J connectivity index is 2.39. The second-order valence-corrected chi connectivity index (χ2v) is 6.35. The van der Waals surface area contributed by atoms with Crippen molar-refractivity contribution in [3.63, 3.8) is 0 Å². The molecule has 0 spiro atoms. The lowest BCUT2D eigenvalue weighted by atomic mass is 9.95. The Morgan fingerprint density at radius 3 is 2.60 bits per heavy atom. The monoisotopic (exact) mass is 334 g/mol. The van der Waals surface area contributed by atoms with Gasteiger partial charge < -0.3 is 4.90 Å². The highest BCUT2D eigenvalue weighted by Crippen LogP contribution is 2.36. The molecule has 128 valence electrons. The van der Waals surface area contributed by atoms with Gasteiger partial charge in [0.2, 0.25) is 5.91 Å². The average molecular weight is 334 g/mol. The van der Waals surface area contributed by atoms with Crippen molar-refractivity contribution in [3.05, 3.63) is 66.5 Å². The van der Waals surface area contributed by atoms with Gasteiger partial charge in [-0.1, -0.05) is 62.6 Å². The van der Waals surface area contributed by atoms with Crippen molar-refractivity contribution < 1.29 is 4.79 Å². The molecule has 25 heavy (non-hydrogen) atoms. The fraction of sp³-hybridized carbons (Fsp3) is 0.250. The smallest absolute Gasteiger partial charge is 0.229 e. The standard InChI is InChI=1S/C20H22N4O/c1-6-15-17(7-2)24(20(25)13(3)4)12-14-10-8-9-11-16(14)18-19(15)23(5)22-21-18/h6-11,13H,1-2,12H2,3-5H3/b17-15-. The van der Waals surface area contributed by atoms with E-state index in [1.807, 2.05) is 45.2 Å². The minimum absolute atomic E-state index is 0.0441. The number of rotatable bonds is 3. The average Bonchev–Trinajstić information content (AvgIpc) is 2.97. The topological polar surface area (TPSA) is 51.0 Å². The summed E-state index contributed by atoms with van der Waals surface area (Å²) >= 11 is 0. The first kappa shape index (κ1) is 16.9. The highest BCUT2D eigenvalue weighted by molar-refractivity contribution is 5.90. The van der Waals surface area contributed by atoms with Crippen molar-refractivity contribution in [1.29, 1.82) is 0 Å². The minimum atomic E-state index is -0.128. The normalized spacial score (nSPS) is 16.7. The SMILES string of the molecule is C=C/C1=C(\C=C)N(C(=O)C(C)C)Cc2ccccc2-c2nnn(C)c21. The van der Waals surface area contributed by atoms with E-state index in [9.17, 15) is 4.79 Å². The highest BCUT2D eigenvalue weighted by Gasteiger charge is 2.29. The zero-order chi connectivity index (χ0) is 18.1. The first-order valence-electron chi connectivity index (χ1n) is 8.28. The Bertz CT molecular complexity index is 889. The van der Waals surface area contributed by atoms with Gasteiger partial charge in [-0.25, -0.2) is 4.68 Å². The largest absolute Gasteiger partial charge is 0.307 e. The number of hydrogen-bond acceptors (Lipinski definition) is 3. The van der Waals surface area contributed by atoms with Crippen LogP contribution in [0.15, 0.2) is 55.3 Å². The molecule has 1 aromatic heterocycles. The third kappa shape index (κ3) is 2.71. The summed E-state index contributed by atoms with van der Waals surface area (Å²) in [6, 6.07) is 7.98. The van der Waals surface area contributed by atoms with Gasteiger partial charge in [0, 0.05) is 24.1 Å². The van der Waals surface area contributed by atoms with Crippen molar-refractivity contribution in [2.24, 2.45) is 13.0 Å². The van der Waals surface area contributed by atoms with Crippen molar-refractivity contribution in [1.82, 2.24) is 19.9 Å². The summed E-state index contributed by atoms with van der Waals surface area (Å²) in [7, 11) is 1.84. The van der Waals surface area contributed by atoms with Crippen LogP contribution < -0.4 is 0 Å². The number of nitrogens with zero attached hydrogens (tertiary/aromatic N) is 4. The molecule has 1 aliphatic rings. The van der Waals surface area contributed by atoms with Gasteiger partial charge in [-0.3, -0.25) is 4.79 Å². The molecule has 5 nitrogen and oxygen atoms in total. The number of allylic oxidation sites excluding steroid dienone is 3. The van der Waals surface area contributed by atoms with E-state index in [1.54, 1.807) is 21.7 Å². The van der Waals surface area contributed by atoms with E-state index in [-0.39, 0.29) is 11.8 Å². The van der Waals surface area contributed by atoms with Crippen molar-refractivity contribution in [3.8, 4) is 11.3 Å². The van der Waals surface area contributed by atoms with Crippen molar-refractivity contribution in [2.45, 2.75) is 20.4 Å². The molecule has 0 N–H and O–H groups in total. The zero-order valence-corrected chi connectivity index (χ0v) is 14.9. The van der Waals surface area contributed by atoms with E-state index >= 15 is 0 Å². The number of carbonyl (C=O) groups excluding carboxylic acids is 1. The van der Waals surface area contributed by atoms with E-state index < -0.39 is 0 Å². The Morgan fingerprint density at radius 1 is 1.24 bits per heavy atom. The lowest BCUT2D eigenvalue weighted by Gasteiger charge is -2.30. The van der Waals surface area contributed by atoms with Gasteiger partial charge in [0.1, 0.15) is 5.69 Å². The Labute approximate surface area is 148 Å². The fourth-order valence-electron chi connectivity index (χ4n) is 3.18. The van der Waals surface area contributed by atoms with Crippen LogP contribution in [-0.2, 0) is 18.4 Å². The van der Waals surface area contributed by atoms with Crippen LogP contribution in [0.25, 0.3) is 16.8 Å². The second-order valence-electron chi connectivity index (χ2n) is 6.35. The Kier molecular flexibility index (Phi) is 4.40. The molecular formula is C20H22N4O. The van der Waals surface area contributed by atoms with Crippen LogP contribution in [0.5, 0.6) is 0 Å². The Hall–Kier alpha value is -2.95. The van der Waals surface area contributed by atoms with E-state index in [4.69, 9.17) is 0 Å². The van der Waals surface area contributed by atoms with Crippen LogP contribution in [0.2, 0.25) is 0 Å². The predicted molar refractivity (Wildman–Crippen MR) is 99.1 cm³/mol. The first-order chi connectivity index (χ1) is 12.0. The van der Waals surface area contributed by atoms with Crippen LogP contribution in [0, 0.1) is 5.92 Å². The molecule has 2 heterocycles. The van der Waals surface area contributed by atoms with Gasteiger partial charge >= 0.3 is 0 Å². The van der Waals surface area contributed by atoms with Gasteiger partial charge in [0.05, 0.1) is 17.9 Å². The summed E-state index contributed by atoms with van der Waals surface area (Å²) < 4.78 is 1.72. The van der Waals surface area contributed by atoms with Crippen LogP contribution in [0.3, 0.4) is 0 Å². The number of fused-ring (bicyclic) bond motifs is 3. The predicted octanol–water partition coefficient (Wildman–Crippen LogP) is 3.56. The molecule has 0 aliphatic carbocycles. The lowest BCUT2D eigenvalue weighted by molar-refractivity contribution is -0.132. The number of amides is 1. The quantitative estimate of drug-likeness (QED) is 0.862. The van der Waals surface area contributed by atoms with Crippen LogP contribution in [0.1, 0.15) is 25.1 Å². The molecule has 0 bridgehead atoms. The number of hydrogen-bond donors (Lipinski definition) is 0. The van der Waals surface area contributed by atoms with Gasteiger partial charge in [0.15, 0.2) is 0 Å². The fourth-order valence-corrected chi connectivity index (χ4v) is 3.18. The third-order valence-corrected chi connectivity index (χ3v) is 4.41. The van der Waals surface area contributed by atoms with E-state index in [2.05, 4.69) is 23.5 Å². The molecule has 0 radical (unpaired) electrons. The minimum Gasteiger partial charge on any atom is -0.307 e. The zero-order valence-electron chi connectivity index (χ0n) is 14.9. The molecule has 1 aliphatic heterocycles. The van der Waals surface area contributed by atoms with Gasteiger partial charge in [-0.05, 0) is 11.6 Å². The molecule has 5 heteroatoms. The number of aryl methyl sites for hydroxylation is 1. The van der Waals surface area contributed by atoms with Gasteiger partial charge in [-0.2, -0.15) is 0 Å². The molecule has 2 aromatic rings. The molecule has 1 aromatic carbocycles. The molecule has 3 rings (SSSR count). The molecule has 0 unspecified atom stereocenters. The van der Waals surface area contributed by atoms with E-state index in [0.29, 0.717) is 6.54 Å². The van der Waals surface area contributed by atoms with Gasteiger partial charge in [-0.15, -0.1) is 5.10 Å². The lowest BCUT2D eigenvalue weighted by Crippen LogP contribution is -2.34. The van der Waals surface area contributed by atoms with Crippen LogP contribution in [0.4, 0.5) is 0 Å². The summed E-state index contributed by atoms with van der Waals surface area (Å²) in [4.78, 5) is 14.7. The summed E-state index contributed by atoms with van der Waals surface area (Å²) in [5, 5.41) is 8.56. The van der Waals surface area contributed by atoms with Crippen molar-refractivity contribution in [2.75, 3.05) is 0 Å². The molecular weight excluding hydrogens is 312 g/mol. The van der Waals surface area contributed by atoms with Crippen LogP contribution >= 0.6 is 0 Å². The molecule has 0 atom stereocenters. The number of benzene rings is 1. The van der Waals surface area contributed by atoms with Crippen molar-refractivity contribution >= 4 is 11.5 Å². The third-order valence-electron chi connectivity index (χ3n) is 4.41. The number of aromatic nitrogens is 3. The maximum absolute atomic E-state index is 12.9. The highest BCUT2D eigenvalue weighted by atomic mass is 16.2. The maximum atomic E-state index is 12.9.